The van der Waals surface area contributed by atoms with Crippen LogP contribution in [0, 0.1) is 0 Å². The Hall–Kier alpha value is -0.810. The van der Waals surface area contributed by atoms with Crippen molar-refractivity contribution in [3.8, 4) is 0 Å². The molecule has 0 aliphatic rings. The van der Waals surface area contributed by atoms with Crippen molar-refractivity contribution in [1.29, 1.82) is 0 Å². The maximum Gasteiger partial charge on any atom is 0.0637 e. The summed E-state index contributed by atoms with van der Waals surface area (Å²) in [5, 5.41) is 13.2. The summed E-state index contributed by atoms with van der Waals surface area (Å²) in [6, 6.07) is 6.45. The SMILES string of the molecule is COCCN(CCO)c1ccc(CNC(C)C)c(Cl)c1. The van der Waals surface area contributed by atoms with E-state index >= 15 is 0 Å². The van der Waals surface area contributed by atoms with E-state index in [2.05, 4.69) is 24.1 Å². The Balaban J connectivity index is 2.76. The maximum atomic E-state index is 9.14. The first-order valence-electron chi connectivity index (χ1n) is 6.95. The molecular formula is C15H25ClN2O2. The van der Waals surface area contributed by atoms with Crippen LogP contribution in [0.5, 0.6) is 0 Å². The second-order valence-electron chi connectivity index (χ2n) is 5.01. The molecule has 0 atom stereocenters. The molecule has 4 nitrogen and oxygen atoms in total. The van der Waals surface area contributed by atoms with Crippen molar-refractivity contribution in [1.82, 2.24) is 5.32 Å². The van der Waals surface area contributed by atoms with Gasteiger partial charge < -0.3 is 20.1 Å². The number of anilines is 1. The molecule has 0 fully saturated rings. The normalized spacial score (nSPS) is 11.1. The summed E-state index contributed by atoms with van der Waals surface area (Å²) in [5.41, 5.74) is 2.09. The Kier molecular flexibility index (Phi) is 7.92. The van der Waals surface area contributed by atoms with E-state index in [1.165, 1.54) is 0 Å². The van der Waals surface area contributed by atoms with E-state index in [-0.39, 0.29) is 6.61 Å². The number of hydrogen-bond acceptors (Lipinski definition) is 4. The molecule has 5 heteroatoms. The van der Waals surface area contributed by atoms with Crippen molar-refractivity contribution in [2.75, 3.05) is 38.3 Å². The van der Waals surface area contributed by atoms with Gasteiger partial charge in [-0.15, -0.1) is 0 Å². The van der Waals surface area contributed by atoms with Crippen LogP contribution in [0.4, 0.5) is 5.69 Å². The highest BCUT2D eigenvalue weighted by molar-refractivity contribution is 6.31. The van der Waals surface area contributed by atoms with Gasteiger partial charge in [0.05, 0.1) is 13.2 Å². The van der Waals surface area contributed by atoms with E-state index in [0.717, 1.165) is 29.4 Å². The van der Waals surface area contributed by atoms with Crippen molar-refractivity contribution in [2.24, 2.45) is 0 Å². The number of methoxy groups -OCH3 is 1. The van der Waals surface area contributed by atoms with Gasteiger partial charge in [-0.25, -0.2) is 0 Å². The summed E-state index contributed by atoms with van der Waals surface area (Å²) in [6.07, 6.45) is 0. The lowest BCUT2D eigenvalue weighted by Gasteiger charge is -2.24. The number of hydrogen-bond donors (Lipinski definition) is 2. The summed E-state index contributed by atoms with van der Waals surface area (Å²) in [4.78, 5) is 2.06. The quantitative estimate of drug-likeness (QED) is 0.734. The monoisotopic (exact) mass is 300 g/mol. The van der Waals surface area contributed by atoms with Crippen LogP contribution in [-0.2, 0) is 11.3 Å². The zero-order valence-corrected chi connectivity index (χ0v) is 13.3. The van der Waals surface area contributed by atoms with Gasteiger partial charge in [0.25, 0.3) is 0 Å². The molecule has 2 N–H and O–H groups in total. The second kappa shape index (κ2) is 9.19. The number of nitrogens with zero attached hydrogens (tertiary/aromatic N) is 1. The third-order valence-electron chi connectivity index (χ3n) is 3.04. The van der Waals surface area contributed by atoms with Gasteiger partial charge in [-0.1, -0.05) is 31.5 Å². The van der Waals surface area contributed by atoms with Gasteiger partial charge in [-0.05, 0) is 17.7 Å². The minimum atomic E-state index is 0.109. The molecule has 0 spiro atoms. The summed E-state index contributed by atoms with van der Waals surface area (Å²) < 4.78 is 5.09. The first kappa shape index (κ1) is 17.2. The van der Waals surface area contributed by atoms with Crippen LogP contribution in [-0.4, -0.2) is 44.6 Å². The highest BCUT2D eigenvalue weighted by Crippen LogP contribution is 2.23. The topological polar surface area (TPSA) is 44.7 Å². The molecule has 0 heterocycles. The smallest absolute Gasteiger partial charge is 0.0637 e. The highest BCUT2D eigenvalue weighted by Gasteiger charge is 2.09. The second-order valence-corrected chi connectivity index (χ2v) is 5.42. The number of ether oxygens (including phenoxy) is 1. The average Bonchev–Trinajstić information content (AvgIpc) is 2.42. The molecule has 0 saturated heterocycles. The van der Waals surface area contributed by atoms with Crippen LogP contribution in [0.1, 0.15) is 19.4 Å². The Morgan fingerprint density at radius 3 is 2.65 bits per heavy atom. The molecule has 0 bridgehead atoms. The molecule has 114 valence electrons. The number of aliphatic hydroxyl groups excluding tert-OH is 1. The van der Waals surface area contributed by atoms with Crippen molar-refractivity contribution in [3.63, 3.8) is 0 Å². The first-order chi connectivity index (χ1) is 9.58. The summed E-state index contributed by atoms with van der Waals surface area (Å²) in [6.45, 7) is 7.01. The lowest BCUT2D eigenvalue weighted by atomic mass is 10.1. The molecule has 1 aromatic carbocycles. The van der Waals surface area contributed by atoms with E-state index in [1.54, 1.807) is 7.11 Å². The number of rotatable bonds is 9. The third kappa shape index (κ3) is 5.67. The minimum Gasteiger partial charge on any atom is -0.395 e. The summed E-state index contributed by atoms with van der Waals surface area (Å²) in [5.74, 6) is 0. The number of nitrogens with one attached hydrogen (secondary N) is 1. The molecule has 1 aromatic rings. The standard InChI is InChI=1S/C15H25ClN2O2/c1-12(2)17-11-13-4-5-14(10-15(13)16)18(6-8-19)7-9-20-3/h4-5,10,12,17,19H,6-9,11H2,1-3H3. The fraction of sp³-hybridized carbons (Fsp3) is 0.600. The summed E-state index contributed by atoms with van der Waals surface area (Å²) in [7, 11) is 1.67. The Labute approximate surface area is 126 Å². The van der Waals surface area contributed by atoms with Crippen LogP contribution in [0.25, 0.3) is 0 Å². The lowest BCUT2D eigenvalue weighted by Crippen LogP contribution is -2.30. The molecule has 20 heavy (non-hydrogen) atoms. The molecule has 0 unspecified atom stereocenters. The van der Waals surface area contributed by atoms with Gasteiger partial charge in [0.2, 0.25) is 0 Å². The van der Waals surface area contributed by atoms with Crippen LogP contribution in [0.15, 0.2) is 18.2 Å². The van der Waals surface area contributed by atoms with E-state index in [0.29, 0.717) is 19.2 Å². The van der Waals surface area contributed by atoms with Gasteiger partial charge in [0, 0.05) is 43.5 Å². The number of halogens is 1. The first-order valence-corrected chi connectivity index (χ1v) is 7.32. The Morgan fingerprint density at radius 1 is 1.35 bits per heavy atom. The van der Waals surface area contributed by atoms with E-state index in [9.17, 15) is 0 Å². The minimum absolute atomic E-state index is 0.109. The van der Waals surface area contributed by atoms with Crippen molar-refractivity contribution in [2.45, 2.75) is 26.4 Å². The lowest BCUT2D eigenvalue weighted by molar-refractivity contribution is 0.203. The van der Waals surface area contributed by atoms with Gasteiger partial charge in [0.1, 0.15) is 0 Å². The third-order valence-corrected chi connectivity index (χ3v) is 3.39. The van der Waals surface area contributed by atoms with Crippen molar-refractivity contribution < 1.29 is 9.84 Å². The zero-order chi connectivity index (χ0) is 15.0. The molecular weight excluding hydrogens is 276 g/mol. The van der Waals surface area contributed by atoms with Crippen LogP contribution in [0.2, 0.25) is 5.02 Å². The Bertz CT molecular complexity index is 399. The molecule has 0 amide bonds. The molecule has 1 rings (SSSR count). The Morgan fingerprint density at radius 2 is 2.10 bits per heavy atom. The van der Waals surface area contributed by atoms with Gasteiger partial charge in [-0.2, -0.15) is 0 Å². The fourth-order valence-corrected chi connectivity index (χ4v) is 2.12. The van der Waals surface area contributed by atoms with E-state index in [4.69, 9.17) is 21.4 Å². The van der Waals surface area contributed by atoms with E-state index in [1.807, 2.05) is 18.2 Å². The van der Waals surface area contributed by atoms with Crippen LogP contribution >= 0.6 is 11.6 Å². The molecule has 0 aliphatic carbocycles. The van der Waals surface area contributed by atoms with Gasteiger partial charge >= 0.3 is 0 Å². The highest BCUT2D eigenvalue weighted by atomic mass is 35.5. The van der Waals surface area contributed by atoms with Gasteiger partial charge in [-0.3, -0.25) is 0 Å². The molecule has 0 radical (unpaired) electrons. The predicted molar refractivity (Wildman–Crippen MR) is 84.6 cm³/mol. The number of benzene rings is 1. The summed E-state index contributed by atoms with van der Waals surface area (Å²) >= 11 is 6.33. The van der Waals surface area contributed by atoms with Crippen LogP contribution < -0.4 is 10.2 Å². The number of aliphatic hydroxyl groups is 1. The zero-order valence-electron chi connectivity index (χ0n) is 12.5. The largest absolute Gasteiger partial charge is 0.395 e. The average molecular weight is 301 g/mol. The maximum absolute atomic E-state index is 9.14. The fourth-order valence-electron chi connectivity index (χ4n) is 1.88. The van der Waals surface area contributed by atoms with E-state index < -0.39 is 0 Å². The molecule has 0 aromatic heterocycles. The van der Waals surface area contributed by atoms with Gasteiger partial charge in [0.15, 0.2) is 0 Å². The molecule has 0 aliphatic heterocycles. The van der Waals surface area contributed by atoms with Crippen molar-refractivity contribution in [3.05, 3.63) is 28.8 Å². The molecule has 0 saturated carbocycles. The van der Waals surface area contributed by atoms with Crippen molar-refractivity contribution >= 4 is 17.3 Å². The predicted octanol–water partition coefficient (Wildman–Crippen LogP) is 2.28. The van der Waals surface area contributed by atoms with Crippen LogP contribution in [0.3, 0.4) is 0 Å².